The number of ether oxygens (including phenoxy) is 1. The van der Waals surface area contributed by atoms with Gasteiger partial charge in [0.2, 0.25) is 5.91 Å². The van der Waals surface area contributed by atoms with Crippen LogP contribution in [0.1, 0.15) is 21.5 Å². The Hall–Kier alpha value is -3.35. The molecule has 2 N–H and O–H groups in total. The van der Waals surface area contributed by atoms with Crippen molar-refractivity contribution in [3.63, 3.8) is 0 Å². The van der Waals surface area contributed by atoms with Crippen molar-refractivity contribution in [1.29, 1.82) is 0 Å². The third-order valence-corrected chi connectivity index (χ3v) is 5.14. The van der Waals surface area contributed by atoms with Crippen LogP contribution in [0, 0.1) is 0 Å². The molecule has 3 aromatic carbocycles. The van der Waals surface area contributed by atoms with E-state index >= 15 is 0 Å². The molecule has 6 nitrogen and oxygen atoms in total. The quantitative estimate of drug-likeness (QED) is 0.438. The van der Waals surface area contributed by atoms with E-state index in [9.17, 15) is 9.59 Å². The molecule has 0 bridgehead atoms. The summed E-state index contributed by atoms with van der Waals surface area (Å²) in [4.78, 5) is 27.8. The molecule has 0 aliphatic carbocycles. The summed E-state index contributed by atoms with van der Waals surface area (Å²) in [6.45, 7) is 1.83. The van der Waals surface area contributed by atoms with Crippen molar-refractivity contribution in [2.45, 2.75) is 19.0 Å². The molecule has 0 aliphatic rings. The third-order valence-electron chi connectivity index (χ3n) is 5.14. The number of nitrogens with zero attached hydrogens (tertiary/aromatic N) is 1. The summed E-state index contributed by atoms with van der Waals surface area (Å²) in [5, 5.41) is 5.83. The van der Waals surface area contributed by atoms with E-state index in [1.807, 2.05) is 74.8 Å². The maximum absolute atomic E-state index is 13.0. The summed E-state index contributed by atoms with van der Waals surface area (Å²) in [7, 11) is 4.00. The predicted octanol–water partition coefficient (Wildman–Crippen LogP) is 3.71. The Morgan fingerprint density at radius 1 is 0.853 bits per heavy atom. The minimum atomic E-state index is -0.707. The fraction of sp³-hybridized carbons (Fsp3) is 0.259. The van der Waals surface area contributed by atoms with Gasteiger partial charge in [-0.25, -0.2) is 0 Å². The van der Waals surface area contributed by atoms with Gasteiger partial charge in [-0.1, -0.05) is 60.7 Å². The number of carbonyl (C=O) groups is 2. The second kappa shape index (κ2) is 14.0. The number of amides is 2. The van der Waals surface area contributed by atoms with Crippen LogP contribution in [-0.4, -0.2) is 50.0 Å². The van der Waals surface area contributed by atoms with E-state index in [2.05, 4.69) is 15.5 Å². The molecule has 1 unspecified atom stereocenters. The summed E-state index contributed by atoms with van der Waals surface area (Å²) >= 11 is 0. The van der Waals surface area contributed by atoms with Crippen molar-refractivity contribution >= 4 is 24.2 Å². The van der Waals surface area contributed by atoms with E-state index in [-0.39, 0.29) is 24.2 Å². The lowest BCUT2D eigenvalue weighted by molar-refractivity contribution is -0.123. The zero-order valence-corrected chi connectivity index (χ0v) is 20.4. The summed E-state index contributed by atoms with van der Waals surface area (Å²) in [5.74, 6) is 0.271. The second-order valence-electron chi connectivity index (χ2n) is 8.10. The van der Waals surface area contributed by atoms with E-state index in [0.29, 0.717) is 25.1 Å². The smallest absolute Gasteiger partial charge is 0.251 e. The number of hydrogen-bond donors (Lipinski definition) is 2. The minimum absolute atomic E-state index is 0. The monoisotopic (exact) mass is 481 g/mol. The van der Waals surface area contributed by atoms with Crippen LogP contribution in [0.4, 0.5) is 0 Å². The molecule has 0 saturated heterocycles. The van der Waals surface area contributed by atoms with Gasteiger partial charge >= 0.3 is 0 Å². The maximum atomic E-state index is 13.0. The number of benzene rings is 3. The zero-order chi connectivity index (χ0) is 23.5. The molecule has 2 amide bonds. The molecule has 180 valence electrons. The van der Waals surface area contributed by atoms with Crippen molar-refractivity contribution in [3.8, 4) is 5.75 Å². The highest BCUT2D eigenvalue weighted by Gasteiger charge is 2.22. The highest BCUT2D eigenvalue weighted by molar-refractivity contribution is 5.97. The fourth-order valence-corrected chi connectivity index (χ4v) is 3.25. The summed E-state index contributed by atoms with van der Waals surface area (Å²) in [6.07, 6.45) is 0.372. The molecule has 0 aliphatic heterocycles. The number of carbonyl (C=O) groups excluding carboxylic acids is 2. The van der Waals surface area contributed by atoms with E-state index in [1.165, 1.54) is 0 Å². The Labute approximate surface area is 207 Å². The maximum Gasteiger partial charge on any atom is 0.251 e. The van der Waals surface area contributed by atoms with Crippen LogP contribution in [0.5, 0.6) is 5.75 Å². The molecule has 0 spiro atoms. The lowest BCUT2D eigenvalue weighted by Gasteiger charge is -2.19. The second-order valence-corrected chi connectivity index (χ2v) is 8.10. The molecule has 0 aromatic heterocycles. The Bertz CT molecular complexity index is 1010. The Kier molecular flexibility index (Phi) is 11.1. The highest BCUT2D eigenvalue weighted by atomic mass is 35.5. The first-order valence-electron chi connectivity index (χ1n) is 11.1. The molecule has 0 radical (unpaired) electrons. The van der Waals surface area contributed by atoms with Crippen molar-refractivity contribution in [2.75, 3.05) is 27.2 Å². The van der Waals surface area contributed by atoms with Gasteiger partial charge in [-0.05, 0) is 49.5 Å². The molecular formula is C27H32ClN3O3. The van der Waals surface area contributed by atoms with Crippen LogP contribution in [0.2, 0.25) is 0 Å². The van der Waals surface area contributed by atoms with Crippen molar-refractivity contribution in [2.24, 2.45) is 0 Å². The van der Waals surface area contributed by atoms with E-state index in [1.54, 1.807) is 24.3 Å². The molecule has 3 aromatic rings. The zero-order valence-electron chi connectivity index (χ0n) is 19.6. The highest BCUT2D eigenvalue weighted by Crippen LogP contribution is 2.14. The van der Waals surface area contributed by atoms with Crippen molar-refractivity contribution in [1.82, 2.24) is 15.5 Å². The first-order chi connectivity index (χ1) is 16.0. The topological polar surface area (TPSA) is 70.7 Å². The van der Waals surface area contributed by atoms with E-state index < -0.39 is 6.04 Å². The van der Waals surface area contributed by atoms with Crippen LogP contribution >= 0.6 is 12.4 Å². The van der Waals surface area contributed by atoms with E-state index in [0.717, 1.165) is 23.4 Å². The number of rotatable bonds is 11. The van der Waals surface area contributed by atoms with E-state index in [4.69, 9.17) is 4.74 Å². The van der Waals surface area contributed by atoms with Gasteiger partial charge < -0.3 is 20.3 Å². The van der Waals surface area contributed by atoms with Gasteiger partial charge in [-0.15, -0.1) is 12.4 Å². The van der Waals surface area contributed by atoms with Gasteiger partial charge in [-0.3, -0.25) is 9.59 Å². The average molecular weight is 482 g/mol. The van der Waals surface area contributed by atoms with Crippen LogP contribution in [0.25, 0.3) is 0 Å². The number of hydrogen-bond acceptors (Lipinski definition) is 4. The average Bonchev–Trinajstić information content (AvgIpc) is 2.84. The van der Waals surface area contributed by atoms with Crippen molar-refractivity contribution in [3.05, 3.63) is 102 Å². The SMILES string of the molecule is CN(C)CCOc1ccc(CC(NC(=O)c2ccccc2)C(=O)NCc2ccccc2)cc1.Cl. The molecule has 7 heteroatoms. The standard InChI is InChI=1S/C27H31N3O3.ClH/c1-30(2)17-18-33-24-15-13-21(14-16-24)19-25(29-26(31)23-11-7-4-8-12-23)27(32)28-20-22-9-5-3-6-10-22;/h3-16,25H,17-20H2,1-2H3,(H,28,32)(H,29,31);1H. The van der Waals surface area contributed by atoms with Gasteiger partial charge in [-0.2, -0.15) is 0 Å². The van der Waals surface area contributed by atoms with Crippen LogP contribution in [0.15, 0.2) is 84.9 Å². The van der Waals surface area contributed by atoms with Gasteiger partial charge in [0.1, 0.15) is 18.4 Å². The number of nitrogens with one attached hydrogen (secondary N) is 2. The normalized spacial score (nSPS) is 11.3. The lowest BCUT2D eigenvalue weighted by atomic mass is 10.0. The molecule has 3 rings (SSSR count). The fourth-order valence-electron chi connectivity index (χ4n) is 3.25. The van der Waals surface area contributed by atoms with Gasteiger partial charge in [0.15, 0.2) is 0 Å². The molecule has 34 heavy (non-hydrogen) atoms. The van der Waals surface area contributed by atoms with Crippen LogP contribution in [-0.2, 0) is 17.8 Å². The van der Waals surface area contributed by atoms with Crippen LogP contribution in [0.3, 0.4) is 0 Å². The Morgan fingerprint density at radius 2 is 1.47 bits per heavy atom. The largest absolute Gasteiger partial charge is 0.492 e. The molecule has 0 saturated carbocycles. The number of halogens is 1. The molecule has 1 atom stereocenters. The van der Waals surface area contributed by atoms with Gasteiger partial charge in [0.05, 0.1) is 0 Å². The number of likely N-dealkylation sites (N-methyl/N-ethyl adjacent to an activating group) is 1. The van der Waals surface area contributed by atoms with Gasteiger partial charge in [0, 0.05) is 25.1 Å². The van der Waals surface area contributed by atoms with Gasteiger partial charge in [0.25, 0.3) is 5.91 Å². The Balaban J connectivity index is 0.00000408. The summed E-state index contributed by atoms with van der Waals surface area (Å²) in [6, 6.07) is 25.5. The predicted molar refractivity (Wildman–Crippen MR) is 137 cm³/mol. The molecular weight excluding hydrogens is 450 g/mol. The van der Waals surface area contributed by atoms with Crippen LogP contribution < -0.4 is 15.4 Å². The summed E-state index contributed by atoms with van der Waals surface area (Å²) < 4.78 is 5.74. The first-order valence-corrected chi connectivity index (χ1v) is 11.1. The molecule has 0 heterocycles. The lowest BCUT2D eigenvalue weighted by Crippen LogP contribution is -2.47. The summed E-state index contributed by atoms with van der Waals surface area (Å²) in [5.41, 5.74) is 2.45. The third kappa shape index (κ3) is 8.89. The molecule has 0 fully saturated rings. The Morgan fingerprint density at radius 3 is 2.09 bits per heavy atom. The van der Waals surface area contributed by atoms with Crippen molar-refractivity contribution < 1.29 is 14.3 Å². The first kappa shape index (κ1) is 26.9. The minimum Gasteiger partial charge on any atom is -0.492 e.